The van der Waals surface area contributed by atoms with Gasteiger partial charge < -0.3 is 0 Å². The predicted molar refractivity (Wildman–Crippen MR) is 243 cm³/mol. The second-order valence-corrected chi connectivity index (χ2v) is 18.2. The minimum Gasteiger partial charge on any atom is -0.0622 e. The predicted octanol–water partition coefficient (Wildman–Crippen LogP) is 12.1. The van der Waals surface area contributed by atoms with E-state index in [1.807, 2.05) is 0 Å². The Morgan fingerprint density at radius 1 is 0.263 bits per heavy atom. The standard InChI is InChI=1S/2C27H20P.Fe/c2*1-3-12-24(13-4-1)28(25-14-5-2-6-15-25)27-17-9-16-26(27)23-19-18-21-10-7-8-11-22(21)20-23;/h2*1-20H;/q;;+2. The summed E-state index contributed by atoms with van der Waals surface area (Å²) in [7, 11) is -1.19. The Balaban J connectivity index is 0.000000157. The molecule has 0 spiro atoms. The molecular weight excluding hydrogens is 766 g/mol. The number of rotatable bonds is 8. The van der Waals surface area contributed by atoms with Gasteiger partial charge in [-0.1, -0.05) is 206 Å². The summed E-state index contributed by atoms with van der Waals surface area (Å²) < 4.78 is 0. The summed E-state index contributed by atoms with van der Waals surface area (Å²) in [6, 6.07) is 74.4. The fourth-order valence-electron chi connectivity index (χ4n) is 7.58. The van der Waals surface area contributed by atoms with Gasteiger partial charge in [0.15, 0.2) is 0 Å². The van der Waals surface area contributed by atoms with E-state index in [2.05, 4.69) is 245 Å². The molecule has 2 aliphatic rings. The first-order chi connectivity index (χ1) is 27.8. The molecule has 0 bridgehead atoms. The van der Waals surface area contributed by atoms with Gasteiger partial charge in [0, 0.05) is 23.2 Å². The number of fused-ring (bicyclic) bond motifs is 2. The minimum atomic E-state index is -0.597. The summed E-state index contributed by atoms with van der Waals surface area (Å²) in [5, 5.41) is 10.7. The van der Waals surface area contributed by atoms with Gasteiger partial charge in [0.25, 0.3) is 0 Å². The minimum absolute atomic E-state index is 0. The number of hydrogen-bond acceptors (Lipinski definition) is 0. The molecule has 2 fully saturated rings. The van der Waals surface area contributed by atoms with E-state index in [-0.39, 0.29) is 17.1 Å². The molecule has 57 heavy (non-hydrogen) atoms. The van der Waals surface area contributed by atoms with E-state index >= 15 is 0 Å². The molecule has 8 aromatic carbocycles. The van der Waals surface area contributed by atoms with Crippen molar-refractivity contribution in [3.63, 3.8) is 0 Å². The number of hydrogen-bond donors (Lipinski definition) is 0. The molecule has 0 nitrogen and oxygen atoms in total. The Morgan fingerprint density at radius 3 is 0.895 bits per heavy atom. The van der Waals surface area contributed by atoms with Crippen molar-refractivity contribution in [1.82, 2.24) is 0 Å². The fourth-order valence-corrected chi connectivity index (χ4v) is 12.5. The summed E-state index contributed by atoms with van der Waals surface area (Å²) in [4.78, 5) is 0. The molecule has 0 unspecified atom stereocenters. The van der Waals surface area contributed by atoms with E-state index in [0.29, 0.717) is 0 Å². The molecule has 0 amide bonds. The van der Waals surface area contributed by atoms with Crippen LogP contribution in [0.15, 0.2) is 206 Å². The van der Waals surface area contributed by atoms with Gasteiger partial charge in [-0.3, -0.25) is 0 Å². The maximum Gasteiger partial charge on any atom is 2.00 e. The van der Waals surface area contributed by atoms with E-state index in [4.69, 9.17) is 0 Å². The van der Waals surface area contributed by atoms with E-state index in [1.165, 1.54) is 77.0 Å². The zero-order chi connectivity index (χ0) is 37.5. The van der Waals surface area contributed by atoms with Crippen LogP contribution in [0, 0.1) is 61.7 Å². The van der Waals surface area contributed by atoms with Crippen molar-refractivity contribution >= 4 is 58.6 Å². The van der Waals surface area contributed by atoms with Crippen LogP contribution in [0.3, 0.4) is 0 Å². The first-order valence-electron chi connectivity index (χ1n) is 19.1. The smallest absolute Gasteiger partial charge is 0.0622 e. The topological polar surface area (TPSA) is 0 Å². The summed E-state index contributed by atoms with van der Waals surface area (Å²) in [5.41, 5.74) is 5.42. The SMILES string of the molecule is [CH]1[CH][C](c2ccc3ccccc3c2)[C](P(c2ccccc2)c2ccccc2)[CH]1.[CH]1[CH][C](c2ccc3ccccc3c2)[C](P(c2ccccc2)c2ccccc2)[CH]1.[Fe+2]. The molecule has 2 aliphatic carbocycles. The van der Waals surface area contributed by atoms with Crippen LogP contribution in [0.5, 0.6) is 0 Å². The Morgan fingerprint density at radius 2 is 0.561 bits per heavy atom. The van der Waals surface area contributed by atoms with Gasteiger partial charge in [-0.05, 0) is 108 Å². The molecule has 0 N–H and O–H groups in total. The van der Waals surface area contributed by atoms with Crippen molar-refractivity contribution in [3.05, 3.63) is 279 Å². The maximum atomic E-state index is 2.32. The van der Waals surface area contributed by atoms with Crippen LogP contribution in [0.1, 0.15) is 11.1 Å². The molecule has 10 rings (SSSR count). The van der Waals surface area contributed by atoms with Crippen LogP contribution in [0.4, 0.5) is 0 Å². The summed E-state index contributed by atoms with van der Waals surface area (Å²) in [6.45, 7) is 0. The van der Waals surface area contributed by atoms with E-state index in [0.717, 1.165) is 0 Å². The second-order valence-electron chi connectivity index (χ2n) is 13.8. The normalized spacial score (nSPS) is 15.2. The van der Waals surface area contributed by atoms with Crippen LogP contribution < -0.4 is 21.2 Å². The van der Waals surface area contributed by atoms with Gasteiger partial charge in [-0.25, -0.2) is 0 Å². The van der Waals surface area contributed by atoms with Crippen molar-refractivity contribution in [2.45, 2.75) is 0 Å². The van der Waals surface area contributed by atoms with Gasteiger partial charge in [0.2, 0.25) is 0 Å². The average molecular weight is 807 g/mol. The van der Waals surface area contributed by atoms with Crippen molar-refractivity contribution in [3.8, 4) is 0 Å². The third-order valence-electron chi connectivity index (χ3n) is 10.2. The molecule has 0 heterocycles. The largest absolute Gasteiger partial charge is 2.00 e. The van der Waals surface area contributed by atoms with Crippen LogP contribution in [0.25, 0.3) is 21.5 Å². The van der Waals surface area contributed by atoms with Crippen LogP contribution in [0.2, 0.25) is 0 Å². The van der Waals surface area contributed by atoms with Crippen LogP contribution in [-0.4, -0.2) is 0 Å². The maximum absolute atomic E-state index is 2.32. The van der Waals surface area contributed by atoms with Crippen LogP contribution >= 0.6 is 15.8 Å². The Labute approximate surface area is 352 Å². The van der Waals surface area contributed by atoms with Gasteiger partial charge >= 0.3 is 17.1 Å². The van der Waals surface area contributed by atoms with Gasteiger partial charge in [0.05, 0.1) is 0 Å². The molecular formula is C54H40FeP2+2. The second kappa shape index (κ2) is 18.9. The Kier molecular flexibility index (Phi) is 13.1. The third-order valence-corrected chi connectivity index (χ3v) is 15.2. The molecule has 0 atom stereocenters. The van der Waals surface area contributed by atoms with Gasteiger partial charge in [-0.15, -0.1) is 0 Å². The molecule has 10 radical (unpaired) electrons. The molecule has 2 saturated carbocycles. The van der Waals surface area contributed by atoms with Crippen molar-refractivity contribution in [2.24, 2.45) is 0 Å². The summed E-state index contributed by atoms with van der Waals surface area (Å²) in [6.07, 6.45) is 13.5. The molecule has 8 aromatic rings. The Hall–Kier alpha value is -4.34. The monoisotopic (exact) mass is 806 g/mol. The fraction of sp³-hybridized carbons (Fsp3) is 0. The first-order valence-corrected chi connectivity index (χ1v) is 21.8. The first kappa shape index (κ1) is 39.5. The van der Waals surface area contributed by atoms with Crippen molar-refractivity contribution < 1.29 is 17.1 Å². The Bertz CT molecular complexity index is 2210. The molecule has 3 heteroatoms. The van der Waals surface area contributed by atoms with E-state index in [1.54, 1.807) is 0 Å². The van der Waals surface area contributed by atoms with Crippen molar-refractivity contribution in [1.29, 1.82) is 0 Å². The molecule has 0 aromatic heterocycles. The quantitative estimate of drug-likeness (QED) is 0.106. The number of benzene rings is 8. The van der Waals surface area contributed by atoms with E-state index in [9.17, 15) is 0 Å². The zero-order valence-electron chi connectivity index (χ0n) is 31.3. The third kappa shape index (κ3) is 8.90. The molecule has 272 valence electrons. The average Bonchev–Trinajstić information content (AvgIpc) is 3.96. The molecule has 0 saturated heterocycles. The summed E-state index contributed by atoms with van der Waals surface area (Å²) >= 11 is 0. The molecule has 0 aliphatic heterocycles. The van der Waals surface area contributed by atoms with Gasteiger partial charge in [0.1, 0.15) is 0 Å². The summed E-state index contributed by atoms with van der Waals surface area (Å²) in [5.74, 6) is 2.68. The van der Waals surface area contributed by atoms with Gasteiger partial charge in [-0.2, -0.15) is 0 Å². The zero-order valence-corrected chi connectivity index (χ0v) is 34.2. The van der Waals surface area contributed by atoms with E-state index < -0.39 is 15.8 Å². The van der Waals surface area contributed by atoms with Crippen LogP contribution in [-0.2, 0) is 17.1 Å². The van der Waals surface area contributed by atoms with Crippen molar-refractivity contribution in [2.75, 3.05) is 0 Å².